The molecule has 0 aromatic heterocycles. The van der Waals surface area contributed by atoms with Crippen LogP contribution >= 0.6 is 0 Å². The van der Waals surface area contributed by atoms with Crippen molar-refractivity contribution in [2.75, 3.05) is 31.6 Å². The third-order valence-corrected chi connectivity index (χ3v) is 3.85. The summed E-state index contributed by atoms with van der Waals surface area (Å²) in [4.78, 5) is 13.9. The number of nitrogens with zero attached hydrogens (tertiary/aromatic N) is 1. The summed E-state index contributed by atoms with van der Waals surface area (Å²) in [5.41, 5.74) is 2.13. The van der Waals surface area contributed by atoms with E-state index in [0.29, 0.717) is 13.0 Å². The number of hydrogen-bond donors (Lipinski definition) is 1. The maximum atomic E-state index is 13.4. The number of methoxy groups -OCH3 is 1. The summed E-state index contributed by atoms with van der Waals surface area (Å²) >= 11 is 0. The third kappa shape index (κ3) is 3.94. The van der Waals surface area contributed by atoms with Gasteiger partial charge in [0.15, 0.2) is 0 Å². The van der Waals surface area contributed by atoms with Crippen molar-refractivity contribution in [2.24, 2.45) is 0 Å². The molecule has 4 nitrogen and oxygen atoms in total. The zero-order chi connectivity index (χ0) is 15.2. The SMILES string of the molecule is CCCNC(CCN1CCc2ccc(F)cc21)C(=O)OC. The third-order valence-electron chi connectivity index (χ3n) is 3.85. The molecule has 0 saturated carbocycles. The number of hydrogen-bond acceptors (Lipinski definition) is 4. The van der Waals surface area contributed by atoms with Crippen molar-refractivity contribution < 1.29 is 13.9 Å². The Morgan fingerprint density at radius 3 is 3.05 bits per heavy atom. The van der Waals surface area contributed by atoms with Crippen molar-refractivity contribution in [2.45, 2.75) is 32.2 Å². The first-order valence-electron chi connectivity index (χ1n) is 7.50. The number of benzene rings is 1. The predicted octanol–water partition coefficient (Wildman–Crippen LogP) is 2.12. The average molecular weight is 294 g/mol. The molecule has 0 fully saturated rings. The van der Waals surface area contributed by atoms with E-state index < -0.39 is 0 Å². The van der Waals surface area contributed by atoms with Crippen LogP contribution in [0.15, 0.2) is 18.2 Å². The van der Waals surface area contributed by atoms with Gasteiger partial charge in [-0.05, 0) is 43.5 Å². The minimum absolute atomic E-state index is 0.214. The van der Waals surface area contributed by atoms with Crippen LogP contribution in [0.4, 0.5) is 10.1 Å². The number of esters is 1. The largest absolute Gasteiger partial charge is 0.468 e. The van der Waals surface area contributed by atoms with E-state index in [-0.39, 0.29) is 17.8 Å². The van der Waals surface area contributed by atoms with E-state index in [1.165, 1.54) is 18.7 Å². The number of halogens is 1. The second-order valence-electron chi connectivity index (χ2n) is 5.33. The molecular weight excluding hydrogens is 271 g/mol. The molecule has 0 saturated heterocycles. The molecule has 0 amide bonds. The van der Waals surface area contributed by atoms with Gasteiger partial charge in [-0.2, -0.15) is 0 Å². The van der Waals surface area contributed by atoms with Gasteiger partial charge >= 0.3 is 5.97 Å². The summed E-state index contributed by atoms with van der Waals surface area (Å²) in [6.45, 7) is 4.43. The summed E-state index contributed by atoms with van der Waals surface area (Å²) in [7, 11) is 1.41. The highest BCUT2D eigenvalue weighted by molar-refractivity contribution is 5.75. The quantitative estimate of drug-likeness (QED) is 0.782. The Kier molecular flexibility index (Phi) is 5.56. The molecule has 1 atom stereocenters. The molecule has 1 unspecified atom stereocenters. The van der Waals surface area contributed by atoms with E-state index in [4.69, 9.17) is 4.74 Å². The van der Waals surface area contributed by atoms with Crippen LogP contribution in [0, 0.1) is 5.82 Å². The zero-order valence-corrected chi connectivity index (χ0v) is 12.7. The smallest absolute Gasteiger partial charge is 0.322 e. The van der Waals surface area contributed by atoms with Gasteiger partial charge in [-0.15, -0.1) is 0 Å². The maximum Gasteiger partial charge on any atom is 0.322 e. The van der Waals surface area contributed by atoms with Gasteiger partial charge in [0.2, 0.25) is 0 Å². The van der Waals surface area contributed by atoms with Gasteiger partial charge in [-0.25, -0.2) is 4.39 Å². The molecule has 2 rings (SSSR count). The van der Waals surface area contributed by atoms with Gasteiger partial charge in [0, 0.05) is 18.8 Å². The number of nitrogens with one attached hydrogen (secondary N) is 1. The number of carbonyl (C=O) groups is 1. The summed E-state index contributed by atoms with van der Waals surface area (Å²) in [6.07, 6.45) is 2.55. The first kappa shape index (κ1) is 15.8. The molecule has 5 heteroatoms. The van der Waals surface area contributed by atoms with Gasteiger partial charge in [0.1, 0.15) is 11.9 Å². The summed E-state index contributed by atoms with van der Waals surface area (Å²) in [5.74, 6) is -0.448. The van der Waals surface area contributed by atoms with Crippen LogP contribution in [-0.4, -0.2) is 38.8 Å². The topological polar surface area (TPSA) is 41.6 Å². The van der Waals surface area contributed by atoms with Gasteiger partial charge in [-0.3, -0.25) is 4.79 Å². The first-order chi connectivity index (χ1) is 10.2. The molecule has 1 N–H and O–H groups in total. The van der Waals surface area contributed by atoms with E-state index in [1.807, 2.05) is 6.07 Å². The van der Waals surface area contributed by atoms with Crippen molar-refractivity contribution in [1.82, 2.24) is 5.32 Å². The van der Waals surface area contributed by atoms with E-state index in [0.717, 1.165) is 31.6 Å². The lowest BCUT2D eigenvalue weighted by atomic mass is 10.1. The fourth-order valence-corrected chi connectivity index (χ4v) is 2.70. The summed E-state index contributed by atoms with van der Waals surface area (Å²) < 4.78 is 18.2. The molecule has 1 aromatic rings. The molecule has 0 radical (unpaired) electrons. The molecular formula is C16H23FN2O2. The highest BCUT2D eigenvalue weighted by Crippen LogP contribution is 2.28. The number of rotatable bonds is 7. The van der Waals surface area contributed by atoms with E-state index >= 15 is 0 Å². The number of anilines is 1. The Labute approximate surface area is 125 Å². The molecule has 0 bridgehead atoms. The van der Waals surface area contributed by atoms with Gasteiger partial charge in [-0.1, -0.05) is 13.0 Å². The van der Waals surface area contributed by atoms with Gasteiger partial charge in [0.25, 0.3) is 0 Å². The Balaban J connectivity index is 1.96. The van der Waals surface area contributed by atoms with E-state index in [9.17, 15) is 9.18 Å². The Morgan fingerprint density at radius 1 is 1.52 bits per heavy atom. The van der Waals surface area contributed by atoms with Gasteiger partial charge in [0.05, 0.1) is 7.11 Å². The minimum Gasteiger partial charge on any atom is -0.468 e. The normalized spacial score (nSPS) is 14.9. The lowest BCUT2D eigenvalue weighted by molar-refractivity contribution is -0.143. The number of carbonyl (C=O) groups excluding carboxylic acids is 1. The second kappa shape index (κ2) is 7.41. The summed E-state index contributed by atoms with van der Waals surface area (Å²) in [5, 5.41) is 3.20. The van der Waals surface area contributed by atoms with Crippen molar-refractivity contribution in [3.8, 4) is 0 Å². The van der Waals surface area contributed by atoms with E-state index in [1.54, 1.807) is 6.07 Å². The second-order valence-corrected chi connectivity index (χ2v) is 5.33. The average Bonchev–Trinajstić information content (AvgIpc) is 2.89. The molecule has 1 heterocycles. The van der Waals surface area contributed by atoms with Crippen LogP contribution in [0.25, 0.3) is 0 Å². The predicted molar refractivity (Wildman–Crippen MR) is 81.0 cm³/mol. The van der Waals surface area contributed by atoms with Gasteiger partial charge < -0.3 is 15.0 Å². The molecule has 0 spiro atoms. The van der Waals surface area contributed by atoms with Crippen LogP contribution in [0.2, 0.25) is 0 Å². The molecule has 0 aliphatic carbocycles. The van der Waals surface area contributed by atoms with E-state index in [2.05, 4.69) is 17.1 Å². The first-order valence-corrected chi connectivity index (χ1v) is 7.50. The highest BCUT2D eigenvalue weighted by atomic mass is 19.1. The Bertz CT molecular complexity index is 493. The van der Waals surface area contributed by atoms with Crippen LogP contribution in [0.1, 0.15) is 25.3 Å². The molecule has 1 aromatic carbocycles. The summed E-state index contributed by atoms with van der Waals surface area (Å²) in [6, 6.07) is 4.63. The van der Waals surface area contributed by atoms with Crippen LogP contribution in [0.3, 0.4) is 0 Å². The number of ether oxygens (including phenoxy) is 1. The lowest BCUT2D eigenvalue weighted by Gasteiger charge is -2.23. The van der Waals surface area contributed by atoms with Crippen molar-refractivity contribution in [1.29, 1.82) is 0 Å². The van der Waals surface area contributed by atoms with Crippen LogP contribution < -0.4 is 10.2 Å². The minimum atomic E-state index is -0.299. The number of fused-ring (bicyclic) bond motifs is 1. The molecule has 1 aliphatic rings. The standard InChI is InChI=1S/C16H23FN2O2/c1-3-8-18-14(16(20)21-2)7-10-19-9-6-12-4-5-13(17)11-15(12)19/h4-5,11,14,18H,3,6-10H2,1-2H3. The lowest BCUT2D eigenvalue weighted by Crippen LogP contribution is -2.40. The molecule has 1 aliphatic heterocycles. The maximum absolute atomic E-state index is 13.4. The fraction of sp³-hybridized carbons (Fsp3) is 0.562. The Hall–Kier alpha value is -1.62. The van der Waals surface area contributed by atoms with Crippen LogP contribution in [0.5, 0.6) is 0 Å². The zero-order valence-electron chi connectivity index (χ0n) is 12.7. The van der Waals surface area contributed by atoms with Crippen molar-refractivity contribution >= 4 is 11.7 Å². The highest BCUT2D eigenvalue weighted by Gasteiger charge is 2.23. The molecule has 116 valence electrons. The molecule has 21 heavy (non-hydrogen) atoms. The van der Waals surface area contributed by atoms with Crippen molar-refractivity contribution in [3.63, 3.8) is 0 Å². The van der Waals surface area contributed by atoms with Crippen molar-refractivity contribution in [3.05, 3.63) is 29.6 Å². The fourth-order valence-electron chi connectivity index (χ4n) is 2.70. The Morgan fingerprint density at radius 2 is 2.33 bits per heavy atom. The monoisotopic (exact) mass is 294 g/mol. The van der Waals surface area contributed by atoms with Crippen LogP contribution in [-0.2, 0) is 16.0 Å².